The highest BCUT2D eigenvalue weighted by atomic mass is 35.5. The van der Waals surface area contributed by atoms with E-state index in [1.165, 1.54) is 0 Å². The van der Waals surface area contributed by atoms with Crippen molar-refractivity contribution < 1.29 is 13.2 Å². The second-order valence-electron chi connectivity index (χ2n) is 9.39. The van der Waals surface area contributed by atoms with Crippen molar-refractivity contribution in [1.82, 2.24) is 19.5 Å². The highest BCUT2D eigenvalue weighted by molar-refractivity contribution is 7.92. The van der Waals surface area contributed by atoms with Gasteiger partial charge in [-0.15, -0.1) is 0 Å². The summed E-state index contributed by atoms with van der Waals surface area (Å²) in [6.45, 7) is 4.27. The molecule has 9 nitrogen and oxygen atoms in total. The van der Waals surface area contributed by atoms with E-state index in [9.17, 15) is 8.42 Å². The smallest absolute Gasteiger partial charge is 0.229 e. The predicted molar refractivity (Wildman–Crippen MR) is 143 cm³/mol. The summed E-state index contributed by atoms with van der Waals surface area (Å²) in [4.78, 5) is 9.13. The van der Waals surface area contributed by atoms with Gasteiger partial charge in [-0.3, -0.25) is 9.62 Å². The van der Waals surface area contributed by atoms with Crippen molar-refractivity contribution >= 4 is 50.4 Å². The van der Waals surface area contributed by atoms with Crippen LogP contribution in [0.1, 0.15) is 43.0 Å². The Balaban J connectivity index is 1.50. The Morgan fingerprint density at radius 1 is 1.08 bits per heavy atom. The van der Waals surface area contributed by atoms with Gasteiger partial charge in [-0.25, -0.2) is 13.4 Å². The molecule has 2 fully saturated rings. The first-order valence-electron chi connectivity index (χ1n) is 12.2. The van der Waals surface area contributed by atoms with Crippen molar-refractivity contribution in [3.05, 3.63) is 51.8 Å². The zero-order valence-electron chi connectivity index (χ0n) is 20.2. The van der Waals surface area contributed by atoms with E-state index in [-0.39, 0.29) is 6.04 Å². The molecule has 0 saturated carbocycles. The number of nitrogens with zero attached hydrogens (tertiary/aromatic N) is 5. The van der Waals surface area contributed by atoms with Crippen LogP contribution in [0.15, 0.2) is 30.3 Å². The molecular weight excluding hydrogens is 523 g/mol. The molecule has 2 aromatic heterocycles. The molecule has 1 aromatic carbocycles. The molecule has 194 valence electrons. The Morgan fingerprint density at radius 3 is 2.67 bits per heavy atom. The highest BCUT2D eigenvalue weighted by Gasteiger charge is 2.27. The van der Waals surface area contributed by atoms with Crippen LogP contribution in [0.4, 0.5) is 11.5 Å². The number of fused-ring (bicyclic) bond motifs is 1. The van der Waals surface area contributed by atoms with Gasteiger partial charge in [0.2, 0.25) is 10.0 Å². The summed E-state index contributed by atoms with van der Waals surface area (Å²) in [5, 5.41) is 6.02. The average Bonchev–Trinajstić information content (AvgIpc) is 3.11. The third-order valence-corrected chi connectivity index (χ3v) is 7.69. The van der Waals surface area contributed by atoms with Crippen molar-refractivity contribution in [3.8, 4) is 0 Å². The number of anilines is 2. The molecule has 0 amide bonds. The second-order valence-corrected chi connectivity index (χ2v) is 12.0. The minimum atomic E-state index is -3.42. The predicted octanol–water partition coefficient (Wildman–Crippen LogP) is 4.36. The quantitative estimate of drug-likeness (QED) is 0.454. The molecule has 2 saturated heterocycles. The van der Waals surface area contributed by atoms with E-state index in [0.29, 0.717) is 41.3 Å². The van der Waals surface area contributed by atoms with E-state index in [1.54, 1.807) is 12.1 Å². The second kappa shape index (κ2) is 10.7. The number of hydrogen-bond acceptors (Lipinski definition) is 7. The summed E-state index contributed by atoms with van der Waals surface area (Å²) in [6, 6.07) is 9.18. The third-order valence-electron chi connectivity index (χ3n) is 6.67. The number of likely N-dealkylation sites (tertiary alicyclic amines) is 1. The number of hydrogen-bond donors (Lipinski definition) is 1. The lowest BCUT2D eigenvalue weighted by molar-refractivity contribution is 0.122. The number of ether oxygens (including phenoxy) is 1. The summed E-state index contributed by atoms with van der Waals surface area (Å²) >= 11 is 12.7. The monoisotopic (exact) mass is 552 g/mol. The van der Waals surface area contributed by atoms with Crippen LogP contribution in [-0.4, -0.2) is 67.0 Å². The van der Waals surface area contributed by atoms with Gasteiger partial charge in [0, 0.05) is 36.8 Å². The minimum absolute atomic E-state index is 0.0515. The first-order valence-corrected chi connectivity index (χ1v) is 14.8. The van der Waals surface area contributed by atoms with Crippen molar-refractivity contribution in [2.24, 2.45) is 0 Å². The van der Waals surface area contributed by atoms with E-state index >= 15 is 0 Å². The van der Waals surface area contributed by atoms with Crippen molar-refractivity contribution in [1.29, 1.82) is 0 Å². The molecule has 1 unspecified atom stereocenters. The topological polar surface area (TPSA) is 92.1 Å². The lowest BCUT2D eigenvalue weighted by Crippen LogP contribution is -2.37. The van der Waals surface area contributed by atoms with Gasteiger partial charge in [0.25, 0.3) is 0 Å². The maximum absolute atomic E-state index is 12.0. The standard InChI is InChI=1S/C24H30Cl2N6O3S/c1-36(33,34)29-19-7-6-18(25)13-17(19)16-31-8-4-2-3-5-21(31)20-14-23-27-22(26)15-24(32(23)28-20)30-9-11-35-12-10-30/h6-7,13-15,21,29H,2-5,8-12,16H2,1H3. The van der Waals surface area contributed by atoms with Crippen molar-refractivity contribution in [2.75, 3.05) is 48.7 Å². The highest BCUT2D eigenvalue weighted by Crippen LogP contribution is 2.34. The van der Waals surface area contributed by atoms with E-state index in [1.807, 2.05) is 22.7 Å². The fraction of sp³-hybridized carbons (Fsp3) is 0.500. The van der Waals surface area contributed by atoms with Gasteiger partial charge in [-0.1, -0.05) is 36.0 Å². The fourth-order valence-corrected chi connectivity index (χ4v) is 6.01. The maximum atomic E-state index is 12.0. The number of rotatable bonds is 6. The van der Waals surface area contributed by atoms with Gasteiger partial charge in [0.05, 0.1) is 36.9 Å². The van der Waals surface area contributed by atoms with Gasteiger partial charge in [0.15, 0.2) is 5.65 Å². The molecule has 1 N–H and O–H groups in total. The third kappa shape index (κ3) is 5.89. The number of aromatic nitrogens is 3. The molecule has 3 aromatic rings. The minimum Gasteiger partial charge on any atom is -0.378 e. The van der Waals surface area contributed by atoms with Gasteiger partial charge in [-0.05, 0) is 43.1 Å². The van der Waals surface area contributed by atoms with Gasteiger partial charge < -0.3 is 9.64 Å². The Hall–Kier alpha value is -2.11. The molecule has 0 bridgehead atoms. The number of morpholine rings is 1. The number of nitrogens with one attached hydrogen (secondary N) is 1. The first-order chi connectivity index (χ1) is 17.3. The summed E-state index contributed by atoms with van der Waals surface area (Å²) in [5.41, 5.74) is 3.02. The van der Waals surface area contributed by atoms with Crippen molar-refractivity contribution in [2.45, 2.75) is 38.3 Å². The van der Waals surface area contributed by atoms with Gasteiger partial charge >= 0.3 is 0 Å². The van der Waals surface area contributed by atoms with Crippen LogP contribution in [0.3, 0.4) is 0 Å². The molecule has 5 rings (SSSR count). The molecule has 12 heteroatoms. The summed E-state index contributed by atoms with van der Waals surface area (Å²) < 4.78 is 34.0. The first kappa shape index (κ1) is 25.5. The SMILES string of the molecule is CS(=O)(=O)Nc1ccc(Cl)cc1CN1CCCCCC1c1cc2nc(Cl)cc(N3CCOCC3)n2n1. The molecule has 36 heavy (non-hydrogen) atoms. The van der Waals surface area contributed by atoms with Crippen LogP contribution in [-0.2, 0) is 21.3 Å². The van der Waals surface area contributed by atoms with Crippen LogP contribution in [0.2, 0.25) is 10.2 Å². The Bertz CT molecular complexity index is 1340. The largest absolute Gasteiger partial charge is 0.378 e. The Kier molecular flexibility index (Phi) is 7.60. The fourth-order valence-electron chi connectivity index (χ4n) is 5.03. The molecule has 0 spiro atoms. The maximum Gasteiger partial charge on any atom is 0.229 e. The number of halogens is 2. The van der Waals surface area contributed by atoms with Crippen LogP contribution in [0.5, 0.6) is 0 Å². The summed E-state index contributed by atoms with van der Waals surface area (Å²) in [7, 11) is -3.42. The molecule has 2 aliphatic heterocycles. The zero-order chi connectivity index (χ0) is 25.3. The molecule has 0 aliphatic carbocycles. The molecular formula is C24H30Cl2N6O3S. The van der Waals surface area contributed by atoms with Crippen LogP contribution < -0.4 is 9.62 Å². The zero-order valence-corrected chi connectivity index (χ0v) is 22.5. The van der Waals surface area contributed by atoms with Crippen LogP contribution in [0.25, 0.3) is 5.65 Å². The van der Waals surface area contributed by atoms with E-state index < -0.39 is 10.0 Å². The number of sulfonamides is 1. The molecule has 2 aliphatic rings. The summed E-state index contributed by atoms with van der Waals surface area (Å²) in [5.74, 6) is 0.911. The summed E-state index contributed by atoms with van der Waals surface area (Å²) in [6.07, 6.45) is 5.38. The van der Waals surface area contributed by atoms with E-state index in [0.717, 1.165) is 68.6 Å². The molecule has 4 heterocycles. The lowest BCUT2D eigenvalue weighted by Gasteiger charge is -2.30. The lowest BCUT2D eigenvalue weighted by atomic mass is 10.1. The van der Waals surface area contributed by atoms with Crippen molar-refractivity contribution in [3.63, 3.8) is 0 Å². The molecule has 1 atom stereocenters. The van der Waals surface area contributed by atoms with E-state index in [4.69, 9.17) is 33.0 Å². The Morgan fingerprint density at radius 2 is 1.89 bits per heavy atom. The van der Waals surface area contributed by atoms with Crippen LogP contribution in [0, 0.1) is 0 Å². The molecule has 0 radical (unpaired) electrons. The van der Waals surface area contributed by atoms with E-state index in [2.05, 4.69) is 19.5 Å². The number of benzene rings is 1. The average molecular weight is 554 g/mol. The normalized spacial score (nSPS) is 20.0. The Labute approximate surface area is 221 Å². The van der Waals surface area contributed by atoms with Crippen LogP contribution >= 0.6 is 23.2 Å². The van der Waals surface area contributed by atoms with Gasteiger partial charge in [-0.2, -0.15) is 9.61 Å². The van der Waals surface area contributed by atoms with Gasteiger partial charge in [0.1, 0.15) is 11.0 Å².